The SMILES string of the molecule is COC(=O)Cc1ccc(C#Cc2ccc3c(c2)C(C)(C)CC=C3C(=O)O)cc1F. The van der Waals surface area contributed by atoms with Crippen molar-refractivity contribution >= 4 is 17.5 Å². The third-order valence-electron chi connectivity index (χ3n) is 5.05. The summed E-state index contributed by atoms with van der Waals surface area (Å²) in [6, 6.07) is 9.92. The molecule has 1 aliphatic carbocycles. The third-order valence-corrected chi connectivity index (χ3v) is 5.05. The van der Waals surface area contributed by atoms with Crippen LogP contribution in [-0.2, 0) is 26.2 Å². The van der Waals surface area contributed by atoms with E-state index in [9.17, 15) is 19.1 Å². The van der Waals surface area contributed by atoms with E-state index in [2.05, 4.69) is 30.4 Å². The fourth-order valence-electron chi connectivity index (χ4n) is 3.34. The van der Waals surface area contributed by atoms with Gasteiger partial charge >= 0.3 is 11.9 Å². The smallest absolute Gasteiger partial charge is 0.335 e. The number of aliphatic carboxylic acids is 1. The number of allylic oxidation sites excluding steroid dienone is 1. The second-order valence-corrected chi connectivity index (χ2v) is 7.58. The first-order valence-electron chi connectivity index (χ1n) is 9.17. The van der Waals surface area contributed by atoms with Gasteiger partial charge in [0, 0.05) is 11.1 Å². The van der Waals surface area contributed by atoms with Crippen LogP contribution in [-0.4, -0.2) is 24.2 Å². The molecule has 1 N–H and O–H groups in total. The Morgan fingerprint density at radius 3 is 2.41 bits per heavy atom. The molecule has 0 atom stereocenters. The number of ether oxygens (including phenoxy) is 1. The van der Waals surface area contributed by atoms with Crippen molar-refractivity contribution in [3.63, 3.8) is 0 Å². The summed E-state index contributed by atoms with van der Waals surface area (Å²) in [5.41, 5.74) is 3.21. The van der Waals surface area contributed by atoms with E-state index >= 15 is 0 Å². The van der Waals surface area contributed by atoms with Gasteiger partial charge in [-0.25, -0.2) is 9.18 Å². The van der Waals surface area contributed by atoms with E-state index in [0.717, 1.165) is 11.1 Å². The first-order chi connectivity index (χ1) is 13.7. The number of carboxylic acid groups (broad SMARTS) is 1. The quantitative estimate of drug-likeness (QED) is 0.631. The van der Waals surface area contributed by atoms with E-state index in [1.807, 2.05) is 6.07 Å². The van der Waals surface area contributed by atoms with Crippen LogP contribution in [0, 0.1) is 17.7 Å². The Morgan fingerprint density at radius 1 is 1.14 bits per heavy atom. The van der Waals surface area contributed by atoms with E-state index in [-0.39, 0.29) is 17.4 Å². The average Bonchev–Trinajstić information content (AvgIpc) is 2.68. The summed E-state index contributed by atoms with van der Waals surface area (Å²) in [7, 11) is 1.26. The minimum absolute atomic E-state index is 0.130. The van der Waals surface area contributed by atoms with Crippen LogP contribution in [0.1, 0.15) is 48.1 Å². The van der Waals surface area contributed by atoms with Gasteiger partial charge in [-0.3, -0.25) is 4.79 Å². The fraction of sp³-hybridized carbons (Fsp3) is 0.250. The minimum Gasteiger partial charge on any atom is -0.478 e. The lowest BCUT2D eigenvalue weighted by Gasteiger charge is -2.31. The Balaban J connectivity index is 1.91. The first-order valence-corrected chi connectivity index (χ1v) is 9.17. The molecule has 0 aliphatic heterocycles. The molecule has 0 heterocycles. The normalized spacial score (nSPS) is 14.1. The molecule has 1 aliphatic rings. The molecule has 3 rings (SSSR count). The number of rotatable bonds is 3. The van der Waals surface area contributed by atoms with Crippen molar-refractivity contribution in [1.29, 1.82) is 0 Å². The molecule has 2 aromatic carbocycles. The van der Waals surface area contributed by atoms with Crippen molar-refractivity contribution < 1.29 is 23.8 Å². The highest BCUT2D eigenvalue weighted by Crippen LogP contribution is 2.39. The monoisotopic (exact) mass is 392 g/mol. The van der Waals surface area contributed by atoms with Gasteiger partial charge in [0.25, 0.3) is 0 Å². The molecule has 0 saturated heterocycles. The minimum atomic E-state index is -0.942. The number of benzene rings is 2. The molecule has 2 aromatic rings. The lowest BCUT2D eigenvalue weighted by Crippen LogP contribution is -2.23. The van der Waals surface area contributed by atoms with Crippen molar-refractivity contribution in [3.8, 4) is 11.8 Å². The first kappa shape index (κ1) is 20.3. The summed E-state index contributed by atoms with van der Waals surface area (Å²) in [6.45, 7) is 4.13. The van der Waals surface area contributed by atoms with Crippen LogP contribution in [0.15, 0.2) is 42.5 Å². The number of methoxy groups -OCH3 is 1. The molecule has 29 heavy (non-hydrogen) atoms. The van der Waals surface area contributed by atoms with E-state index in [1.165, 1.54) is 19.2 Å². The average molecular weight is 392 g/mol. The highest BCUT2D eigenvalue weighted by molar-refractivity contribution is 6.16. The molecule has 0 bridgehead atoms. The van der Waals surface area contributed by atoms with Crippen molar-refractivity contribution in [2.24, 2.45) is 0 Å². The number of carbonyl (C=O) groups is 2. The van der Waals surface area contributed by atoms with E-state index in [4.69, 9.17) is 0 Å². The number of fused-ring (bicyclic) bond motifs is 1. The third kappa shape index (κ3) is 4.38. The summed E-state index contributed by atoms with van der Waals surface area (Å²) in [5, 5.41) is 9.43. The second-order valence-electron chi connectivity index (χ2n) is 7.58. The molecular weight excluding hydrogens is 371 g/mol. The lowest BCUT2D eigenvalue weighted by molar-refractivity contribution is -0.139. The zero-order valence-electron chi connectivity index (χ0n) is 16.5. The van der Waals surface area contributed by atoms with Crippen molar-refractivity contribution in [2.75, 3.05) is 7.11 Å². The van der Waals surface area contributed by atoms with Gasteiger partial charge in [-0.15, -0.1) is 0 Å². The zero-order valence-corrected chi connectivity index (χ0v) is 16.5. The molecule has 0 spiro atoms. The van der Waals surface area contributed by atoms with Gasteiger partial charge in [-0.1, -0.05) is 43.9 Å². The van der Waals surface area contributed by atoms with Crippen LogP contribution < -0.4 is 0 Å². The molecule has 0 saturated carbocycles. The molecule has 148 valence electrons. The summed E-state index contributed by atoms with van der Waals surface area (Å²) < 4.78 is 18.7. The second kappa shape index (κ2) is 7.92. The number of halogens is 1. The summed E-state index contributed by atoms with van der Waals surface area (Å²) in [4.78, 5) is 22.8. The van der Waals surface area contributed by atoms with Gasteiger partial charge in [0.05, 0.1) is 19.1 Å². The number of hydrogen-bond donors (Lipinski definition) is 1. The van der Waals surface area contributed by atoms with Crippen LogP contribution in [0.5, 0.6) is 0 Å². The molecular formula is C24H21FO4. The maximum absolute atomic E-state index is 14.2. The van der Waals surface area contributed by atoms with Gasteiger partial charge in [-0.2, -0.15) is 0 Å². The van der Waals surface area contributed by atoms with E-state index < -0.39 is 17.8 Å². The van der Waals surface area contributed by atoms with Crippen LogP contribution in [0.3, 0.4) is 0 Å². The number of carbonyl (C=O) groups excluding carboxylic acids is 1. The number of esters is 1. The molecule has 0 radical (unpaired) electrons. The van der Waals surface area contributed by atoms with Crippen LogP contribution in [0.25, 0.3) is 5.57 Å². The Kier molecular flexibility index (Phi) is 5.56. The molecule has 5 heteroatoms. The Morgan fingerprint density at radius 2 is 1.79 bits per heavy atom. The molecule has 0 fully saturated rings. The molecule has 0 amide bonds. The van der Waals surface area contributed by atoms with Crippen molar-refractivity contribution in [1.82, 2.24) is 0 Å². The largest absolute Gasteiger partial charge is 0.478 e. The molecule has 0 unspecified atom stereocenters. The topological polar surface area (TPSA) is 63.6 Å². The van der Waals surface area contributed by atoms with Gasteiger partial charge < -0.3 is 9.84 Å². The maximum atomic E-state index is 14.2. The summed E-state index contributed by atoms with van der Waals surface area (Å²) >= 11 is 0. The zero-order chi connectivity index (χ0) is 21.2. The standard InChI is InChI=1S/C24H21FO4/c1-24(2)11-10-19(23(27)28)18-9-7-15(12-20(18)24)4-5-16-6-8-17(21(25)13-16)14-22(26)29-3/h6-10,12-13H,11,14H2,1-3H3,(H,27,28). The van der Waals surface area contributed by atoms with Crippen LogP contribution >= 0.6 is 0 Å². The van der Waals surface area contributed by atoms with Gasteiger partial charge in [0.1, 0.15) is 5.82 Å². The highest BCUT2D eigenvalue weighted by Gasteiger charge is 2.30. The van der Waals surface area contributed by atoms with Crippen molar-refractivity contribution in [2.45, 2.75) is 32.1 Å². The van der Waals surface area contributed by atoms with E-state index in [1.54, 1.807) is 24.3 Å². The predicted octanol–water partition coefficient (Wildman–Crippen LogP) is 4.09. The number of hydrogen-bond acceptors (Lipinski definition) is 3. The van der Waals surface area contributed by atoms with Crippen molar-refractivity contribution in [3.05, 3.63) is 76.1 Å². The Bertz CT molecular complexity index is 1080. The number of carboxylic acids is 1. The molecule has 0 aromatic heterocycles. The Labute approximate surface area is 169 Å². The van der Waals surface area contributed by atoms with E-state index in [0.29, 0.717) is 23.1 Å². The molecule has 4 nitrogen and oxygen atoms in total. The van der Waals surface area contributed by atoms with Crippen LogP contribution in [0.2, 0.25) is 0 Å². The predicted molar refractivity (Wildman–Crippen MR) is 108 cm³/mol. The fourth-order valence-corrected chi connectivity index (χ4v) is 3.34. The van der Waals surface area contributed by atoms with Gasteiger partial charge in [0.15, 0.2) is 0 Å². The Hall–Kier alpha value is -3.39. The summed E-state index contributed by atoms with van der Waals surface area (Å²) in [5.74, 6) is 3.99. The van der Waals surface area contributed by atoms with Gasteiger partial charge in [-0.05, 0) is 52.8 Å². The highest BCUT2D eigenvalue weighted by atomic mass is 19.1. The summed E-state index contributed by atoms with van der Waals surface area (Å²) in [6.07, 6.45) is 2.26. The maximum Gasteiger partial charge on any atom is 0.335 e. The van der Waals surface area contributed by atoms with Crippen LogP contribution in [0.4, 0.5) is 4.39 Å². The van der Waals surface area contributed by atoms with Gasteiger partial charge in [0.2, 0.25) is 0 Å². The lowest BCUT2D eigenvalue weighted by atomic mass is 9.73.